The van der Waals surface area contributed by atoms with Crippen molar-refractivity contribution in [1.29, 1.82) is 0 Å². The van der Waals surface area contributed by atoms with E-state index in [-0.39, 0.29) is 8.36 Å². The summed E-state index contributed by atoms with van der Waals surface area (Å²) in [5.41, 5.74) is 0. The van der Waals surface area contributed by atoms with Gasteiger partial charge in [-0.25, -0.2) is 0 Å². The molecule has 0 nitrogen and oxygen atoms in total. The summed E-state index contributed by atoms with van der Waals surface area (Å²) in [5, 5.41) is 0. The van der Waals surface area contributed by atoms with Crippen LogP contribution in [0.2, 0.25) is 0 Å². The highest BCUT2D eigenvalue weighted by molar-refractivity contribution is 9.38. The molecule has 8 heteroatoms. The molecule has 0 atom stereocenters. The molecule has 1 rings (SSSR count). The zero-order valence-corrected chi connectivity index (χ0v) is 15.7. The molecule has 1 saturated heterocycles. The van der Waals surface area contributed by atoms with E-state index >= 15 is 0 Å². The molecule has 0 amide bonds. The first kappa shape index (κ1) is 12.6. The molecule has 0 radical (unpaired) electrons. The molecular formula is C3Br6S2. The third kappa shape index (κ3) is 2.23. The number of hydrogen-bond acceptors (Lipinski definition) is 2. The summed E-state index contributed by atoms with van der Waals surface area (Å²) < 4.78 is -0.759. The monoisotopic (exact) mass is 573 g/mol. The second-order valence-corrected chi connectivity index (χ2v) is 16.8. The Kier molecular flexibility index (Phi) is 4.44. The number of alkyl halides is 6. The maximum Gasteiger partial charge on any atom is 0.163 e. The minimum absolute atomic E-state index is 0.231. The smallest absolute Gasteiger partial charge is 0.0657 e. The van der Waals surface area contributed by atoms with Crippen molar-refractivity contribution in [3.8, 4) is 0 Å². The van der Waals surface area contributed by atoms with Gasteiger partial charge in [-0.2, -0.15) is 0 Å². The van der Waals surface area contributed by atoms with Crippen LogP contribution in [0.4, 0.5) is 0 Å². The summed E-state index contributed by atoms with van der Waals surface area (Å²) >= 11 is 21.3. The van der Waals surface area contributed by atoms with Crippen molar-refractivity contribution >= 4 is 117 Å². The van der Waals surface area contributed by atoms with Crippen LogP contribution in [0, 0.1) is 0 Å². The van der Waals surface area contributed by atoms with Gasteiger partial charge in [-0.05, 0) is 0 Å². The Labute approximate surface area is 123 Å². The fraction of sp³-hybridized carbons (Fsp3) is 1.00. The summed E-state index contributed by atoms with van der Waals surface area (Å²) in [5.74, 6) is 0. The van der Waals surface area contributed by atoms with Gasteiger partial charge in [-0.3, -0.25) is 0 Å². The fourth-order valence-corrected chi connectivity index (χ4v) is 9.96. The van der Waals surface area contributed by atoms with Crippen molar-refractivity contribution in [2.45, 2.75) is 8.36 Å². The quantitative estimate of drug-likeness (QED) is 0.265. The summed E-state index contributed by atoms with van der Waals surface area (Å²) in [6, 6.07) is 0. The Bertz CT molecular complexity index is 159. The van der Waals surface area contributed by atoms with Gasteiger partial charge in [0.25, 0.3) is 0 Å². The van der Waals surface area contributed by atoms with Crippen LogP contribution in [0.1, 0.15) is 0 Å². The molecule has 0 aliphatic carbocycles. The molecule has 0 aromatic heterocycles. The van der Waals surface area contributed by atoms with Crippen LogP contribution < -0.4 is 0 Å². The van der Waals surface area contributed by atoms with E-state index in [9.17, 15) is 0 Å². The predicted molar refractivity (Wildman–Crippen MR) is 76.9 cm³/mol. The van der Waals surface area contributed by atoms with Crippen molar-refractivity contribution in [2.24, 2.45) is 0 Å². The van der Waals surface area contributed by atoms with Gasteiger partial charge in [0.2, 0.25) is 0 Å². The van der Waals surface area contributed by atoms with Crippen LogP contribution in [-0.2, 0) is 0 Å². The van der Waals surface area contributed by atoms with Gasteiger partial charge < -0.3 is 0 Å². The second kappa shape index (κ2) is 3.87. The van der Waals surface area contributed by atoms with Crippen LogP contribution >= 0.6 is 117 Å². The van der Waals surface area contributed by atoms with Crippen molar-refractivity contribution in [2.75, 3.05) is 0 Å². The molecule has 0 saturated carbocycles. The highest BCUT2D eigenvalue weighted by atomic mass is 79.9. The molecule has 1 fully saturated rings. The number of halogens is 6. The Morgan fingerprint density at radius 3 is 1.00 bits per heavy atom. The summed E-state index contributed by atoms with van der Waals surface area (Å²) in [4.78, 5) is 0. The minimum Gasteiger partial charge on any atom is -0.0657 e. The van der Waals surface area contributed by atoms with E-state index in [1.54, 1.807) is 21.6 Å². The molecule has 66 valence electrons. The first-order valence-electron chi connectivity index (χ1n) is 2.21. The zero-order valence-electron chi connectivity index (χ0n) is 4.58. The van der Waals surface area contributed by atoms with Gasteiger partial charge in [0.15, 0.2) is 8.36 Å². The molecule has 11 heavy (non-hydrogen) atoms. The normalized spacial score (nSPS) is 32.2. The van der Waals surface area contributed by atoms with Gasteiger partial charge in [0, 0.05) is 0 Å². The summed E-state index contributed by atoms with van der Waals surface area (Å²) in [6.07, 6.45) is 0. The Morgan fingerprint density at radius 2 is 0.909 bits per heavy atom. The topological polar surface area (TPSA) is 0 Å². The average molecular weight is 580 g/mol. The lowest BCUT2D eigenvalue weighted by molar-refractivity contribution is 0.998. The maximum atomic E-state index is 3.57. The molecule has 0 spiro atoms. The molecule has 0 aromatic carbocycles. The lowest BCUT2D eigenvalue weighted by Gasteiger charge is -2.31. The van der Waals surface area contributed by atoms with E-state index in [0.717, 1.165) is 0 Å². The minimum atomic E-state index is -0.296. The van der Waals surface area contributed by atoms with E-state index in [2.05, 4.69) is 95.6 Å². The highest BCUT2D eigenvalue weighted by Gasteiger charge is 2.64. The van der Waals surface area contributed by atoms with Gasteiger partial charge in [0.1, 0.15) is 0 Å². The molecule has 1 aliphatic heterocycles. The third-order valence-corrected chi connectivity index (χ3v) is 18.4. The molecule has 1 heterocycles. The third-order valence-electron chi connectivity index (χ3n) is 0.982. The SMILES string of the molecule is BrC1(Br)SSC(Br)(Br)C1(Br)Br. The van der Waals surface area contributed by atoms with E-state index < -0.39 is 0 Å². The Morgan fingerprint density at radius 1 is 0.636 bits per heavy atom. The summed E-state index contributed by atoms with van der Waals surface area (Å²) in [6.45, 7) is 0. The van der Waals surface area contributed by atoms with Crippen LogP contribution in [-0.4, -0.2) is 8.36 Å². The van der Waals surface area contributed by atoms with Gasteiger partial charge >= 0.3 is 0 Å². The van der Waals surface area contributed by atoms with E-state index in [1.165, 1.54) is 0 Å². The zero-order chi connectivity index (χ0) is 8.91. The first-order chi connectivity index (χ1) is 4.71. The lowest BCUT2D eigenvalue weighted by Crippen LogP contribution is -2.37. The van der Waals surface area contributed by atoms with Crippen molar-refractivity contribution in [3.63, 3.8) is 0 Å². The van der Waals surface area contributed by atoms with Crippen LogP contribution in [0.25, 0.3) is 0 Å². The van der Waals surface area contributed by atoms with Crippen LogP contribution in [0.15, 0.2) is 0 Å². The predicted octanol–water partition coefficient (Wildman–Crippen LogP) is 5.75. The van der Waals surface area contributed by atoms with E-state index in [4.69, 9.17) is 0 Å². The number of rotatable bonds is 0. The second-order valence-electron chi connectivity index (χ2n) is 1.77. The van der Waals surface area contributed by atoms with Crippen LogP contribution in [0.5, 0.6) is 0 Å². The maximum absolute atomic E-state index is 3.57. The van der Waals surface area contributed by atoms with Crippen molar-refractivity contribution in [1.82, 2.24) is 0 Å². The first-order valence-corrected chi connectivity index (χ1v) is 9.12. The van der Waals surface area contributed by atoms with E-state index in [0.29, 0.717) is 0 Å². The molecule has 0 aromatic rings. The van der Waals surface area contributed by atoms with Gasteiger partial charge in [-0.15, -0.1) is 0 Å². The van der Waals surface area contributed by atoms with Gasteiger partial charge in [-0.1, -0.05) is 117 Å². The highest BCUT2D eigenvalue weighted by Crippen LogP contribution is 2.77. The number of hydrogen-bond donors (Lipinski definition) is 0. The van der Waals surface area contributed by atoms with E-state index in [1.807, 2.05) is 0 Å². The Hall–Kier alpha value is 3.58. The average Bonchev–Trinajstić information content (AvgIpc) is 1.93. The molecule has 0 N–H and O–H groups in total. The van der Waals surface area contributed by atoms with Crippen molar-refractivity contribution in [3.05, 3.63) is 0 Å². The molecule has 0 unspecified atom stereocenters. The van der Waals surface area contributed by atoms with Crippen molar-refractivity contribution < 1.29 is 0 Å². The van der Waals surface area contributed by atoms with Gasteiger partial charge in [0.05, 0.1) is 0 Å². The lowest BCUT2D eigenvalue weighted by atomic mass is 10.5. The largest absolute Gasteiger partial charge is 0.163 e. The Balaban J connectivity index is 3.00. The standard InChI is InChI=1S/C3Br6S2/c4-1(5)2(6,7)10-11-3(1,8)9. The molecular weight excluding hydrogens is 580 g/mol. The molecule has 1 aliphatic rings. The van der Waals surface area contributed by atoms with Crippen LogP contribution in [0.3, 0.4) is 0 Å². The summed E-state index contributed by atoms with van der Waals surface area (Å²) in [7, 11) is 3.35. The molecule has 0 bridgehead atoms. The fourth-order valence-electron chi connectivity index (χ4n) is 0.379.